The third kappa shape index (κ3) is 4.89. The summed E-state index contributed by atoms with van der Waals surface area (Å²) in [5.74, 6) is 0.385. The van der Waals surface area contributed by atoms with E-state index in [1.54, 1.807) is 20.9 Å². The Morgan fingerprint density at radius 1 is 1.19 bits per heavy atom. The minimum atomic E-state index is -4.03. The summed E-state index contributed by atoms with van der Waals surface area (Å²) < 4.78 is 32.5. The van der Waals surface area contributed by atoms with Gasteiger partial charge in [0, 0.05) is 36.0 Å². The smallest absolute Gasteiger partial charge is 0.270 e. The van der Waals surface area contributed by atoms with E-state index in [9.17, 15) is 23.3 Å². The molecule has 0 fully saturated rings. The minimum absolute atomic E-state index is 0.219. The number of benzene rings is 2. The van der Waals surface area contributed by atoms with Gasteiger partial charge < -0.3 is 9.42 Å². The van der Waals surface area contributed by atoms with Crippen LogP contribution in [0.4, 0.5) is 11.4 Å². The number of rotatable bonds is 7. The average molecular weight is 444 g/mol. The molecule has 0 atom stereocenters. The number of amides is 1. The zero-order valence-electron chi connectivity index (χ0n) is 17.0. The van der Waals surface area contributed by atoms with Gasteiger partial charge in [-0.05, 0) is 44.2 Å². The second-order valence-electron chi connectivity index (χ2n) is 6.90. The lowest BCUT2D eigenvalue weighted by atomic mass is 10.1. The Morgan fingerprint density at radius 2 is 1.87 bits per heavy atom. The number of nitrogens with zero attached hydrogens (tertiary/aromatic N) is 3. The summed E-state index contributed by atoms with van der Waals surface area (Å²) in [6.07, 6.45) is 0. The number of anilines is 1. The second-order valence-corrected chi connectivity index (χ2v) is 8.58. The molecule has 10 nitrogen and oxygen atoms in total. The van der Waals surface area contributed by atoms with Crippen molar-refractivity contribution in [3.63, 3.8) is 0 Å². The molecular formula is C20H20N4O6S. The van der Waals surface area contributed by atoms with Crippen LogP contribution in [-0.4, -0.2) is 36.4 Å². The Hall–Kier alpha value is -3.73. The molecule has 1 aromatic heterocycles. The Balaban J connectivity index is 1.73. The number of carbonyl (C=O) groups is 1. The lowest BCUT2D eigenvalue weighted by Gasteiger charge is -2.17. The molecule has 0 unspecified atom stereocenters. The number of hydrogen-bond donors (Lipinski definition) is 1. The summed E-state index contributed by atoms with van der Waals surface area (Å²) >= 11 is 0. The number of sulfonamides is 1. The Bertz CT molecular complexity index is 1220. The van der Waals surface area contributed by atoms with Gasteiger partial charge in [-0.3, -0.25) is 19.6 Å². The Labute approximate surface area is 178 Å². The molecule has 2 aromatic carbocycles. The third-order valence-corrected chi connectivity index (χ3v) is 6.02. The molecule has 162 valence electrons. The zero-order valence-corrected chi connectivity index (χ0v) is 17.8. The van der Waals surface area contributed by atoms with E-state index in [0.29, 0.717) is 23.6 Å². The van der Waals surface area contributed by atoms with Gasteiger partial charge in [0.15, 0.2) is 0 Å². The van der Waals surface area contributed by atoms with Crippen LogP contribution in [0, 0.1) is 24.0 Å². The topological polar surface area (TPSA) is 136 Å². The Kier molecular flexibility index (Phi) is 6.07. The molecule has 0 aliphatic carbocycles. The van der Waals surface area contributed by atoms with Crippen molar-refractivity contribution in [2.75, 3.05) is 11.8 Å². The maximum Gasteiger partial charge on any atom is 0.270 e. The predicted octanol–water partition coefficient (Wildman–Crippen LogP) is 3.27. The molecule has 0 saturated carbocycles. The SMILES string of the molecule is Cc1noc(C)c1CN(C)C(=O)c1ccc(NS(=O)(=O)c2cccc([N+](=O)[O-])c2)cc1. The number of non-ortho nitro benzene ring substituents is 1. The van der Waals surface area contributed by atoms with Gasteiger partial charge in [-0.25, -0.2) is 8.42 Å². The molecule has 11 heteroatoms. The summed E-state index contributed by atoms with van der Waals surface area (Å²) in [6, 6.07) is 10.6. The molecule has 0 aliphatic heterocycles. The quantitative estimate of drug-likeness (QED) is 0.436. The van der Waals surface area contributed by atoms with Crippen molar-refractivity contribution < 1.29 is 22.7 Å². The van der Waals surface area contributed by atoms with Crippen molar-refractivity contribution in [2.24, 2.45) is 0 Å². The maximum atomic E-state index is 12.7. The summed E-state index contributed by atoms with van der Waals surface area (Å²) in [4.78, 5) is 24.2. The fourth-order valence-electron chi connectivity index (χ4n) is 2.92. The molecule has 0 radical (unpaired) electrons. The van der Waals surface area contributed by atoms with Crippen molar-refractivity contribution in [2.45, 2.75) is 25.3 Å². The normalized spacial score (nSPS) is 11.2. The van der Waals surface area contributed by atoms with E-state index in [2.05, 4.69) is 9.88 Å². The first kappa shape index (κ1) is 22.0. The lowest BCUT2D eigenvalue weighted by Crippen LogP contribution is -2.26. The standard InChI is InChI=1S/C20H20N4O6S/c1-13-19(14(2)30-21-13)12-23(3)20(25)15-7-9-16(10-8-15)22-31(28,29)18-6-4-5-17(11-18)24(26)27/h4-11,22H,12H2,1-3H3. The van der Waals surface area contributed by atoms with Crippen LogP contribution in [0.25, 0.3) is 0 Å². The van der Waals surface area contributed by atoms with Gasteiger partial charge in [0.1, 0.15) is 5.76 Å². The molecule has 1 amide bonds. The van der Waals surface area contributed by atoms with Gasteiger partial charge in [-0.15, -0.1) is 0 Å². The highest BCUT2D eigenvalue weighted by atomic mass is 32.2. The van der Waals surface area contributed by atoms with Crippen molar-refractivity contribution in [3.8, 4) is 0 Å². The van der Waals surface area contributed by atoms with E-state index in [1.165, 1.54) is 47.4 Å². The first-order valence-electron chi connectivity index (χ1n) is 9.13. The molecule has 3 rings (SSSR count). The predicted molar refractivity (Wildman–Crippen MR) is 112 cm³/mol. The first-order valence-corrected chi connectivity index (χ1v) is 10.6. The van der Waals surface area contributed by atoms with Crippen LogP contribution >= 0.6 is 0 Å². The molecule has 3 aromatic rings. The first-order chi connectivity index (χ1) is 14.6. The summed E-state index contributed by atoms with van der Waals surface area (Å²) in [5.41, 5.74) is 1.80. The third-order valence-electron chi connectivity index (χ3n) is 4.65. The fourth-order valence-corrected chi connectivity index (χ4v) is 4.01. The molecule has 0 spiro atoms. The molecule has 1 N–H and O–H groups in total. The number of aromatic nitrogens is 1. The Morgan fingerprint density at radius 3 is 2.45 bits per heavy atom. The number of nitro benzene ring substituents is 1. The zero-order chi connectivity index (χ0) is 22.8. The fraction of sp³-hybridized carbons (Fsp3) is 0.200. The van der Waals surface area contributed by atoms with Gasteiger partial charge in [0.2, 0.25) is 0 Å². The number of nitrogens with one attached hydrogen (secondary N) is 1. The second kappa shape index (κ2) is 8.56. The molecule has 0 aliphatic rings. The van der Waals surface area contributed by atoms with Gasteiger partial charge in [-0.1, -0.05) is 11.2 Å². The van der Waals surface area contributed by atoms with Crippen molar-refractivity contribution in [1.29, 1.82) is 0 Å². The molecule has 0 saturated heterocycles. The maximum absolute atomic E-state index is 12.7. The van der Waals surface area contributed by atoms with E-state index in [4.69, 9.17) is 4.52 Å². The van der Waals surface area contributed by atoms with Gasteiger partial charge >= 0.3 is 0 Å². The van der Waals surface area contributed by atoms with E-state index >= 15 is 0 Å². The van der Waals surface area contributed by atoms with E-state index in [1.807, 2.05) is 0 Å². The van der Waals surface area contributed by atoms with Crippen molar-refractivity contribution >= 4 is 27.3 Å². The number of aryl methyl sites for hydroxylation is 2. The van der Waals surface area contributed by atoms with Gasteiger partial charge in [0.25, 0.3) is 21.6 Å². The van der Waals surface area contributed by atoms with Gasteiger partial charge in [-0.2, -0.15) is 0 Å². The van der Waals surface area contributed by atoms with Crippen LogP contribution in [0.3, 0.4) is 0 Å². The number of carbonyl (C=O) groups excluding carboxylic acids is 1. The van der Waals surface area contributed by atoms with E-state index in [0.717, 1.165) is 11.6 Å². The largest absolute Gasteiger partial charge is 0.361 e. The van der Waals surface area contributed by atoms with Crippen LogP contribution in [0.1, 0.15) is 27.4 Å². The van der Waals surface area contributed by atoms with Crippen LogP contribution in [0.15, 0.2) is 57.9 Å². The minimum Gasteiger partial charge on any atom is -0.361 e. The summed E-state index contributed by atoms with van der Waals surface area (Å²) in [5, 5.41) is 14.7. The van der Waals surface area contributed by atoms with Crippen LogP contribution in [0.5, 0.6) is 0 Å². The molecular weight excluding hydrogens is 424 g/mol. The number of nitro groups is 1. The lowest BCUT2D eigenvalue weighted by molar-refractivity contribution is -0.385. The van der Waals surface area contributed by atoms with Crippen LogP contribution in [0.2, 0.25) is 0 Å². The van der Waals surface area contributed by atoms with Crippen LogP contribution in [-0.2, 0) is 16.6 Å². The highest BCUT2D eigenvalue weighted by molar-refractivity contribution is 7.92. The number of hydrogen-bond acceptors (Lipinski definition) is 7. The van der Waals surface area contributed by atoms with Crippen molar-refractivity contribution in [1.82, 2.24) is 10.1 Å². The van der Waals surface area contributed by atoms with E-state index in [-0.39, 0.29) is 22.2 Å². The summed E-state index contributed by atoms with van der Waals surface area (Å²) in [6.45, 7) is 3.89. The average Bonchev–Trinajstić information content (AvgIpc) is 3.05. The summed E-state index contributed by atoms with van der Waals surface area (Å²) in [7, 11) is -2.38. The van der Waals surface area contributed by atoms with Crippen molar-refractivity contribution in [3.05, 3.63) is 81.2 Å². The molecule has 0 bridgehead atoms. The molecule has 1 heterocycles. The highest BCUT2D eigenvalue weighted by Gasteiger charge is 2.19. The molecule has 31 heavy (non-hydrogen) atoms. The van der Waals surface area contributed by atoms with E-state index < -0.39 is 14.9 Å². The van der Waals surface area contributed by atoms with Gasteiger partial charge in [0.05, 0.1) is 22.1 Å². The van der Waals surface area contributed by atoms with Crippen LogP contribution < -0.4 is 4.72 Å². The monoisotopic (exact) mass is 444 g/mol. The highest BCUT2D eigenvalue weighted by Crippen LogP contribution is 2.21.